The smallest absolute Gasteiger partial charge is 0.387 e. The standard InChI is InChI=1S/C18H23F2N5O2/c1-2-21-18(22-11-13-8-10-26-24-13)23-14-7-9-25(12-14)15-5-3-4-6-16(15)27-17(19)20/h3-6,8,10,14,17H,2,7,9,11-12H2,1H3,(H2,21,22,23). The first kappa shape index (κ1) is 18.9. The van der Waals surface area contributed by atoms with Crippen LogP contribution in [-0.2, 0) is 6.54 Å². The first-order chi connectivity index (χ1) is 13.2. The van der Waals surface area contributed by atoms with Crippen LogP contribution in [0.4, 0.5) is 14.5 Å². The highest BCUT2D eigenvalue weighted by Crippen LogP contribution is 2.31. The summed E-state index contributed by atoms with van der Waals surface area (Å²) in [6.07, 6.45) is 2.37. The molecule has 0 bridgehead atoms. The minimum atomic E-state index is -2.84. The van der Waals surface area contributed by atoms with Gasteiger partial charge in [-0.25, -0.2) is 4.99 Å². The van der Waals surface area contributed by atoms with E-state index in [9.17, 15) is 8.78 Å². The molecule has 1 saturated heterocycles. The Morgan fingerprint density at radius 3 is 3.00 bits per heavy atom. The maximum atomic E-state index is 12.6. The van der Waals surface area contributed by atoms with Crippen molar-refractivity contribution < 1.29 is 18.0 Å². The molecule has 27 heavy (non-hydrogen) atoms. The number of aromatic nitrogens is 1. The molecular weight excluding hydrogens is 356 g/mol. The molecule has 1 atom stereocenters. The Balaban J connectivity index is 1.62. The lowest BCUT2D eigenvalue weighted by Gasteiger charge is -2.22. The number of guanidine groups is 1. The predicted octanol–water partition coefficient (Wildman–Crippen LogP) is 2.61. The summed E-state index contributed by atoms with van der Waals surface area (Å²) in [4.78, 5) is 6.54. The number of nitrogens with one attached hydrogen (secondary N) is 2. The number of ether oxygens (including phenoxy) is 1. The van der Waals surface area contributed by atoms with Gasteiger partial charge in [-0.3, -0.25) is 0 Å². The van der Waals surface area contributed by atoms with Crippen molar-refractivity contribution in [3.8, 4) is 5.75 Å². The second-order valence-corrected chi connectivity index (χ2v) is 6.11. The molecule has 0 spiro atoms. The van der Waals surface area contributed by atoms with Gasteiger partial charge in [0.2, 0.25) is 0 Å². The molecule has 3 rings (SSSR count). The number of nitrogens with zero attached hydrogens (tertiary/aromatic N) is 3. The lowest BCUT2D eigenvalue weighted by atomic mass is 10.2. The fourth-order valence-electron chi connectivity index (χ4n) is 3.00. The van der Waals surface area contributed by atoms with E-state index in [4.69, 9.17) is 4.52 Å². The van der Waals surface area contributed by atoms with E-state index < -0.39 is 6.61 Å². The van der Waals surface area contributed by atoms with Gasteiger partial charge in [-0.05, 0) is 25.5 Å². The second-order valence-electron chi connectivity index (χ2n) is 6.11. The molecule has 9 heteroatoms. The molecule has 146 valence electrons. The molecule has 1 aliphatic heterocycles. The van der Waals surface area contributed by atoms with Crippen LogP contribution in [0.15, 0.2) is 46.1 Å². The highest BCUT2D eigenvalue weighted by Gasteiger charge is 2.26. The third-order valence-electron chi connectivity index (χ3n) is 4.19. The lowest BCUT2D eigenvalue weighted by Crippen LogP contribution is -2.44. The molecule has 0 radical (unpaired) electrons. The molecule has 1 aliphatic rings. The van der Waals surface area contributed by atoms with E-state index in [2.05, 4.69) is 25.5 Å². The average Bonchev–Trinajstić information content (AvgIpc) is 3.32. The Hall–Kier alpha value is -2.84. The summed E-state index contributed by atoms with van der Waals surface area (Å²) in [6, 6.07) is 8.77. The van der Waals surface area contributed by atoms with Crippen molar-refractivity contribution in [1.82, 2.24) is 15.8 Å². The quantitative estimate of drug-likeness (QED) is 0.569. The molecule has 1 aromatic heterocycles. The lowest BCUT2D eigenvalue weighted by molar-refractivity contribution is -0.0495. The van der Waals surface area contributed by atoms with E-state index in [1.54, 1.807) is 24.3 Å². The fraction of sp³-hybridized carbons (Fsp3) is 0.444. The largest absolute Gasteiger partial charge is 0.433 e. The summed E-state index contributed by atoms with van der Waals surface area (Å²) < 4.78 is 34.7. The summed E-state index contributed by atoms with van der Waals surface area (Å²) >= 11 is 0. The van der Waals surface area contributed by atoms with Gasteiger partial charge in [0, 0.05) is 31.7 Å². The fourth-order valence-corrected chi connectivity index (χ4v) is 3.00. The maximum absolute atomic E-state index is 12.6. The van der Waals surface area contributed by atoms with Gasteiger partial charge in [-0.15, -0.1) is 0 Å². The van der Waals surface area contributed by atoms with Gasteiger partial charge < -0.3 is 24.8 Å². The molecule has 1 fully saturated rings. The summed E-state index contributed by atoms with van der Waals surface area (Å²) in [5.41, 5.74) is 1.42. The van der Waals surface area contributed by atoms with Gasteiger partial charge in [-0.2, -0.15) is 8.78 Å². The van der Waals surface area contributed by atoms with E-state index in [-0.39, 0.29) is 11.8 Å². The number of benzene rings is 1. The predicted molar refractivity (Wildman–Crippen MR) is 98.1 cm³/mol. The number of aliphatic imine (C=N–C) groups is 1. The van der Waals surface area contributed by atoms with E-state index in [0.717, 1.165) is 25.2 Å². The van der Waals surface area contributed by atoms with E-state index >= 15 is 0 Å². The van der Waals surface area contributed by atoms with Gasteiger partial charge in [0.25, 0.3) is 0 Å². The zero-order valence-electron chi connectivity index (χ0n) is 15.1. The van der Waals surface area contributed by atoms with Gasteiger partial charge in [0.1, 0.15) is 17.7 Å². The van der Waals surface area contributed by atoms with Crippen molar-refractivity contribution in [2.75, 3.05) is 24.5 Å². The van der Waals surface area contributed by atoms with Crippen LogP contribution in [0.3, 0.4) is 0 Å². The number of para-hydroxylation sites is 2. The molecule has 2 N–H and O–H groups in total. The minimum Gasteiger partial charge on any atom is -0.433 e. The molecule has 0 aliphatic carbocycles. The van der Waals surface area contributed by atoms with Crippen LogP contribution in [0.1, 0.15) is 19.0 Å². The summed E-state index contributed by atoms with van der Waals surface area (Å²) in [5.74, 6) is 0.879. The highest BCUT2D eigenvalue weighted by atomic mass is 19.3. The van der Waals surface area contributed by atoms with Crippen molar-refractivity contribution in [2.24, 2.45) is 4.99 Å². The Bertz CT molecular complexity index is 739. The van der Waals surface area contributed by atoms with Crippen molar-refractivity contribution in [1.29, 1.82) is 0 Å². The molecule has 1 aromatic carbocycles. The number of rotatable bonds is 7. The zero-order valence-corrected chi connectivity index (χ0v) is 15.1. The third kappa shape index (κ3) is 5.32. The van der Waals surface area contributed by atoms with Crippen LogP contribution in [0.5, 0.6) is 5.75 Å². The summed E-state index contributed by atoms with van der Waals surface area (Å²) in [7, 11) is 0. The number of anilines is 1. The topological polar surface area (TPSA) is 74.9 Å². The van der Waals surface area contributed by atoms with Crippen LogP contribution in [0.25, 0.3) is 0 Å². The number of alkyl halides is 2. The molecule has 0 amide bonds. The monoisotopic (exact) mass is 379 g/mol. The summed E-state index contributed by atoms with van der Waals surface area (Å²) in [5, 5.41) is 10.4. The number of hydrogen-bond donors (Lipinski definition) is 2. The first-order valence-electron chi connectivity index (χ1n) is 8.88. The first-order valence-corrected chi connectivity index (χ1v) is 8.88. The van der Waals surface area contributed by atoms with Crippen LogP contribution >= 0.6 is 0 Å². The molecule has 2 heterocycles. The van der Waals surface area contributed by atoms with E-state index in [0.29, 0.717) is 24.7 Å². The van der Waals surface area contributed by atoms with E-state index in [1.165, 1.54) is 6.26 Å². The van der Waals surface area contributed by atoms with E-state index in [1.807, 2.05) is 17.9 Å². The number of halogens is 2. The third-order valence-corrected chi connectivity index (χ3v) is 4.19. The molecule has 1 unspecified atom stereocenters. The summed E-state index contributed by atoms with van der Waals surface area (Å²) in [6.45, 7) is 1.69. The molecular formula is C18H23F2N5O2. The Morgan fingerprint density at radius 2 is 2.26 bits per heavy atom. The minimum absolute atomic E-state index is 0.139. The molecule has 2 aromatic rings. The zero-order chi connectivity index (χ0) is 19.1. The van der Waals surface area contributed by atoms with Crippen molar-refractivity contribution in [3.63, 3.8) is 0 Å². The van der Waals surface area contributed by atoms with Crippen molar-refractivity contribution in [3.05, 3.63) is 42.3 Å². The SMILES string of the molecule is CCNC(=NCc1ccon1)NC1CCN(c2ccccc2OC(F)F)C1. The van der Waals surface area contributed by atoms with Crippen LogP contribution < -0.4 is 20.3 Å². The van der Waals surface area contributed by atoms with Gasteiger partial charge in [-0.1, -0.05) is 17.3 Å². The van der Waals surface area contributed by atoms with Crippen molar-refractivity contribution >= 4 is 11.6 Å². The van der Waals surface area contributed by atoms with Crippen LogP contribution in [-0.4, -0.2) is 43.4 Å². The average molecular weight is 379 g/mol. The van der Waals surface area contributed by atoms with Gasteiger partial charge >= 0.3 is 6.61 Å². The maximum Gasteiger partial charge on any atom is 0.387 e. The van der Waals surface area contributed by atoms with Crippen LogP contribution in [0.2, 0.25) is 0 Å². The van der Waals surface area contributed by atoms with Gasteiger partial charge in [0.15, 0.2) is 5.96 Å². The van der Waals surface area contributed by atoms with Crippen LogP contribution in [0, 0.1) is 0 Å². The number of hydrogen-bond acceptors (Lipinski definition) is 5. The van der Waals surface area contributed by atoms with Crippen molar-refractivity contribution in [2.45, 2.75) is 32.5 Å². The Labute approximate surface area is 156 Å². The normalized spacial score (nSPS) is 17.4. The van der Waals surface area contributed by atoms with Gasteiger partial charge in [0.05, 0.1) is 12.2 Å². The molecule has 7 nitrogen and oxygen atoms in total. The second kappa shape index (κ2) is 9.20. The Morgan fingerprint density at radius 1 is 1.41 bits per heavy atom. The highest BCUT2D eigenvalue weighted by molar-refractivity contribution is 5.80. The molecule has 0 saturated carbocycles. The Kier molecular flexibility index (Phi) is 6.45.